The lowest BCUT2D eigenvalue weighted by atomic mass is 10.0. The van der Waals surface area contributed by atoms with Gasteiger partial charge in [-0.2, -0.15) is 13.2 Å². The predicted molar refractivity (Wildman–Crippen MR) is 93.6 cm³/mol. The zero-order valence-corrected chi connectivity index (χ0v) is 15.3. The number of carbonyl (C=O) groups is 2. The second-order valence-corrected chi connectivity index (χ2v) is 7.31. The van der Waals surface area contributed by atoms with Crippen LogP contribution < -0.4 is 10.6 Å². The van der Waals surface area contributed by atoms with E-state index < -0.39 is 29.5 Å². The molecule has 1 aliphatic heterocycles. The van der Waals surface area contributed by atoms with E-state index in [4.69, 9.17) is 0 Å². The molecule has 1 aromatic rings. The van der Waals surface area contributed by atoms with Crippen LogP contribution in [0.4, 0.5) is 17.6 Å². The number of amides is 2. The maximum absolute atomic E-state index is 13.5. The van der Waals surface area contributed by atoms with Crippen LogP contribution in [-0.2, 0) is 22.3 Å². The maximum atomic E-state index is 13.5. The number of hydrogen-bond donors (Lipinski definition) is 2. The van der Waals surface area contributed by atoms with E-state index in [1.54, 1.807) is 0 Å². The van der Waals surface area contributed by atoms with Crippen LogP contribution in [0.1, 0.15) is 43.2 Å². The minimum absolute atomic E-state index is 0.0152. The molecule has 0 unspecified atom stereocenters. The fourth-order valence-corrected chi connectivity index (χ4v) is 3.98. The summed E-state index contributed by atoms with van der Waals surface area (Å²) in [4.78, 5) is 26.7. The monoisotopic (exact) mass is 401 g/mol. The number of carbonyl (C=O) groups excluding carboxylic acids is 2. The Balaban J connectivity index is 1.61. The molecule has 0 aromatic heterocycles. The Labute approximate surface area is 160 Å². The first kappa shape index (κ1) is 20.6. The highest BCUT2D eigenvalue weighted by molar-refractivity contribution is 5.88. The number of nitrogens with zero attached hydrogens (tertiary/aromatic N) is 1. The van der Waals surface area contributed by atoms with Gasteiger partial charge in [0.15, 0.2) is 0 Å². The van der Waals surface area contributed by atoms with Gasteiger partial charge in [0.1, 0.15) is 5.82 Å². The molecule has 0 bridgehead atoms. The lowest BCUT2D eigenvalue weighted by molar-refractivity contribution is -0.137. The summed E-state index contributed by atoms with van der Waals surface area (Å²) in [6, 6.07) is 1.86. The predicted octanol–water partition coefficient (Wildman–Crippen LogP) is 2.59. The van der Waals surface area contributed by atoms with E-state index in [9.17, 15) is 27.2 Å². The Hall–Kier alpha value is -2.16. The van der Waals surface area contributed by atoms with Gasteiger partial charge in [0.25, 0.3) is 0 Å². The van der Waals surface area contributed by atoms with E-state index in [0.29, 0.717) is 19.2 Å². The molecule has 1 heterocycles. The van der Waals surface area contributed by atoms with Crippen LogP contribution in [0.15, 0.2) is 18.2 Å². The molecule has 2 aliphatic rings. The van der Waals surface area contributed by atoms with Crippen LogP contribution in [-0.4, -0.2) is 41.9 Å². The van der Waals surface area contributed by atoms with Gasteiger partial charge >= 0.3 is 6.18 Å². The van der Waals surface area contributed by atoms with Gasteiger partial charge in [0.2, 0.25) is 11.8 Å². The Morgan fingerprint density at radius 2 is 1.93 bits per heavy atom. The molecule has 1 aromatic carbocycles. The van der Waals surface area contributed by atoms with Crippen molar-refractivity contribution < 1.29 is 27.2 Å². The molecule has 2 amide bonds. The summed E-state index contributed by atoms with van der Waals surface area (Å²) < 4.78 is 51.8. The van der Waals surface area contributed by atoms with Crippen molar-refractivity contribution in [1.29, 1.82) is 0 Å². The van der Waals surface area contributed by atoms with Gasteiger partial charge in [0.05, 0.1) is 18.0 Å². The molecule has 0 radical (unpaired) electrons. The summed E-state index contributed by atoms with van der Waals surface area (Å²) in [5.41, 5.74) is -1.09. The molecule has 154 valence electrons. The quantitative estimate of drug-likeness (QED) is 0.746. The van der Waals surface area contributed by atoms with Crippen LogP contribution in [0.5, 0.6) is 0 Å². The molecule has 1 atom stereocenters. The molecule has 28 heavy (non-hydrogen) atoms. The third-order valence-electron chi connectivity index (χ3n) is 5.32. The first-order valence-electron chi connectivity index (χ1n) is 9.41. The van der Waals surface area contributed by atoms with Crippen molar-refractivity contribution in [3.05, 3.63) is 35.1 Å². The lowest BCUT2D eigenvalue weighted by Crippen LogP contribution is -2.59. The molecule has 3 rings (SSSR count). The Kier molecular flexibility index (Phi) is 6.22. The minimum atomic E-state index is -4.66. The number of nitrogens with one attached hydrogen (secondary N) is 2. The normalized spacial score (nSPS) is 21.6. The molecule has 9 heteroatoms. The van der Waals surface area contributed by atoms with E-state index in [0.717, 1.165) is 37.8 Å². The van der Waals surface area contributed by atoms with Crippen molar-refractivity contribution in [2.45, 2.75) is 56.9 Å². The van der Waals surface area contributed by atoms with Crippen molar-refractivity contribution in [2.24, 2.45) is 0 Å². The SMILES string of the molecule is O=C(C[C@@H]1C(=O)NCCN1C1CCCC1)NCc1cc(F)cc(C(F)(F)F)c1. The number of piperazine rings is 1. The third kappa shape index (κ3) is 5.01. The molecular formula is C19H23F4N3O2. The Bertz CT molecular complexity index is 732. The van der Waals surface area contributed by atoms with Crippen molar-refractivity contribution in [1.82, 2.24) is 15.5 Å². The van der Waals surface area contributed by atoms with E-state index in [-0.39, 0.29) is 30.5 Å². The summed E-state index contributed by atoms with van der Waals surface area (Å²) in [6.07, 6.45) is -0.554. The molecule has 2 N–H and O–H groups in total. The molecule has 1 aliphatic carbocycles. The zero-order valence-electron chi connectivity index (χ0n) is 15.3. The van der Waals surface area contributed by atoms with Crippen molar-refractivity contribution >= 4 is 11.8 Å². The highest BCUT2D eigenvalue weighted by Gasteiger charge is 2.36. The smallest absolute Gasteiger partial charge is 0.353 e. The van der Waals surface area contributed by atoms with Gasteiger partial charge in [-0.05, 0) is 36.6 Å². The van der Waals surface area contributed by atoms with Crippen LogP contribution in [0.25, 0.3) is 0 Å². The van der Waals surface area contributed by atoms with Gasteiger partial charge in [-0.25, -0.2) is 4.39 Å². The molecular weight excluding hydrogens is 378 g/mol. The number of hydrogen-bond acceptors (Lipinski definition) is 3. The number of benzene rings is 1. The molecule has 1 saturated heterocycles. The highest BCUT2D eigenvalue weighted by Crippen LogP contribution is 2.30. The lowest BCUT2D eigenvalue weighted by Gasteiger charge is -2.38. The van der Waals surface area contributed by atoms with Crippen LogP contribution in [0.3, 0.4) is 0 Å². The maximum Gasteiger partial charge on any atom is 0.416 e. The van der Waals surface area contributed by atoms with Crippen molar-refractivity contribution in [3.8, 4) is 0 Å². The van der Waals surface area contributed by atoms with Gasteiger partial charge < -0.3 is 10.6 Å². The minimum Gasteiger partial charge on any atom is -0.353 e. The third-order valence-corrected chi connectivity index (χ3v) is 5.32. The average Bonchev–Trinajstić information content (AvgIpc) is 3.15. The van der Waals surface area contributed by atoms with E-state index in [1.807, 2.05) is 0 Å². The summed E-state index contributed by atoms with van der Waals surface area (Å²) >= 11 is 0. The van der Waals surface area contributed by atoms with Gasteiger partial charge in [0, 0.05) is 25.7 Å². The zero-order chi connectivity index (χ0) is 20.3. The Morgan fingerprint density at radius 3 is 2.61 bits per heavy atom. The largest absolute Gasteiger partial charge is 0.416 e. The van der Waals surface area contributed by atoms with Gasteiger partial charge in [-0.15, -0.1) is 0 Å². The topological polar surface area (TPSA) is 61.4 Å². The number of alkyl halides is 3. The van der Waals surface area contributed by atoms with Crippen LogP contribution in [0.2, 0.25) is 0 Å². The Morgan fingerprint density at radius 1 is 1.21 bits per heavy atom. The van der Waals surface area contributed by atoms with Crippen LogP contribution >= 0.6 is 0 Å². The van der Waals surface area contributed by atoms with Crippen LogP contribution in [0, 0.1) is 5.82 Å². The molecule has 1 saturated carbocycles. The number of rotatable bonds is 5. The van der Waals surface area contributed by atoms with E-state index >= 15 is 0 Å². The van der Waals surface area contributed by atoms with Crippen molar-refractivity contribution in [2.75, 3.05) is 13.1 Å². The summed E-state index contributed by atoms with van der Waals surface area (Å²) in [7, 11) is 0. The summed E-state index contributed by atoms with van der Waals surface area (Å²) in [5, 5.41) is 5.27. The second-order valence-electron chi connectivity index (χ2n) is 7.31. The molecule has 0 spiro atoms. The number of halogens is 4. The van der Waals surface area contributed by atoms with Crippen molar-refractivity contribution in [3.63, 3.8) is 0 Å². The molecule has 2 fully saturated rings. The highest BCUT2D eigenvalue weighted by atomic mass is 19.4. The van der Waals surface area contributed by atoms with E-state index in [2.05, 4.69) is 15.5 Å². The van der Waals surface area contributed by atoms with Gasteiger partial charge in [-0.3, -0.25) is 14.5 Å². The first-order valence-corrected chi connectivity index (χ1v) is 9.41. The first-order chi connectivity index (χ1) is 13.2. The van der Waals surface area contributed by atoms with Gasteiger partial charge in [-0.1, -0.05) is 12.8 Å². The fraction of sp³-hybridized carbons (Fsp3) is 0.579. The average molecular weight is 401 g/mol. The van der Waals surface area contributed by atoms with E-state index in [1.165, 1.54) is 0 Å². The fourth-order valence-electron chi connectivity index (χ4n) is 3.98. The molecule has 5 nitrogen and oxygen atoms in total. The summed E-state index contributed by atoms with van der Waals surface area (Å²) in [5.74, 6) is -1.68. The standard InChI is InChI=1S/C19H23F4N3O2/c20-14-8-12(7-13(9-14)19(21,22)23)11-25-17(27)10-16-18(28)24-5-6-26(16)15-3-1-2-4-15/h7-9,15-16H,1-6,10-11H2,(H,24,28)(H,25,27)/t16-/m1/s1. The second kappa shape index (κ2) is 8.46. The summed E-state index contributed by atoms with van der Waals surface area (Å²) in [6.45, 7) is 0.974.